The van der Waals surface area contributed by atoms with Crippen LogP contribution < -0.4 is 53.7 Å². The zero-order chi connectivity index (χ0) is 99.0. The number of aromatic nitrogens is 5. The number of rotatable bonds is 22. The molecule has 145 heavy (non-hydrogen) atoms. The van der Waals surface area contributed by atoms with Crippen molar-refractivity contribution < 1.29 is 22.0 Å². The number of likely N-dealkylation sites (tertiary alicyclic amines) is 5. The third-order valence-electron chi connectivity index (χ3n) is 28.2. The van der Waals surface area contributed by atoms with E-state index in [4.69, 9.17) is 24.9 Å². The van der Waals surface area contributed by atoms with Gasteiger partial charge in [-0.05, 0) is 277 Å². The Morgan fingerprint density at radius 2 is 0.407 bits per heavy atom. The van der Waals surface area contributed by atoms with Gasteiger partial charge in [0.05, 0.1) is 78.0 Å². The van der Waals surface area contributed by atoms with Crippen molar-refractivity contribution in [3.8, 4) is 0 Å². The summed E-state index contributed by atoms with van der Waals surface area (Å²) in [5, 5.41) is 26.7. The summed E-state index contributed by atoms with van der Waals surface area (Å²) in [6.07, 6.45) is 18.8. The van der Waals surface area contributed by atoms with Gasteiger partial charge < -0.3 is 51.1 Å². The Balaban J connectivity index is 0.000000107. The number of pyridine rings is 5. The highest BCUT2D eigenvalue weighted by atomic mass is 32.1. The maximum Gasteiger partial charge on any atom is 0.196 e. The standard InChI is InChI=1S/C24H24FN3OS.3C23H22FN3OS.C22H20FN3OS/c25-16-9-10-20-18(15-16)22(29)21-17-7-2-3-8-19(17)27-24(23(21)30-20)26-11-6-14-28-12-4-1-5-13-28;2*24-15-8-9-19-17(14-15)21(28)20-16-6-2-3-7-18(16)26-23(22(20)29-19)25-10-13-27-11-4-1-5-12-27;24-15-8-9-19-17(14-15)21(28)20-16-6-1-2-7-18(16)26-23(22(20)29-19)25-10-5-13-27-11-3-4-12-27;23-14-7-8-18-16(13-14)20(27)19-15-5-1-2-6-17(15)25-22(21(19)28-18)24-9-12-26-10-3-4-11-26/h2-3,7-10,15H,1,4-6,11-14H2,(H,26,27);2*2-3,6-9,14H,1,4-5,10-13H2,(H,25,26);1-2,6-9,14H,3-5,10-13H2,(H,25,26);1-2,5-8,13H,3-4,9-12H2,(H,24,25). The van der Waals surface area contributed by atoms with E-state index in [0.717, 1.165) is 248 Å². The van der Waals surface area contributed by atoms with E-state index in [2.05, 4.69) is 51.1 Å². The van der Waals surface area contributed by atoms with E-state index in [1.807, 2.05) is 121 Å². The fraction of sp³-hybridized carbons (Fsp3) is 0.304. The smallest absolute Gasteiger partial charge is 0.196 e. The van der Waals surface area contributed by atoms with Gasteiger partial charge in [0, 0.05) is 130 Å². The van der Waals surface area contributed by atoms with Crippen molar-refractivity contribution in [1.82, 2.24) is 49.4 Å². The van der Waals surface area contributed by atoms with Crippen LogP contribution in [0.4, 0.5) is 51.0 Å². The number of nitrogens with zero attached hydrogens (tertiary/aromatic N) is 10. The van der Waals surface area contributed by atoms with E-state index in [0.29, 0.717) is 53.9 Å². The molecule has 0 unspecified atom stereocenters. The second-order valence-corrected chi connectivity index (χ2v) is 43.2. The summed E-state index contributed by atoms with van der Waals surface area (Å²) < 4.78 is 77.0. The summed E-state index contributed by atoms with van der Waals surface area (Å²) in [6, 6.07) is 60.5. The minimum Gasteiger partial charge on any atom is -0.369 e. The van der Waals surface area contributed by atoms with Crippen LogP contribution in [0.2, 0.25) is 0 Å². The zero-order valence-corrected chi connectivity index (χ0v) is 84.5. The number of hydrogen-bond acceptors (Lipinski definition) is 25. The molecule has 0 bridgehead atoms. The molecule has 0 aliphatic carbocycles. The Morgan fingerprint density at radius 1 is 0.221 bits per heavy atom. The lowest BCUT2D eigenvalue weighted by Crippen LogP contribution is -2.33. The minimum absolute atomic E-state index is 0.131. The quantitative estimate of drug-likeness (QED) is 0.0184. The van der Waals surface area contributed by atoms with Crippen molar-refractivity contribution >= 4 is 241 Å². The highest BCUT2D eigenvalue weighted by molar-refractivity contribution is 7.27. The molecule has 20 nitrogen and oxygen atoms in total. The van der Waals surface area contributed by atoms with Crippen LogP contribution >= 0.6 is 56.7 Å². The molecule has 5 aliphatic heterocycles. The minimum atomic E-state index is -0.390. The van der Waals surface area contributed by atoms with Gasteiger partial charge in [-0.15, -0.1) is 56.7 Å². The van der Waals surface area contributed by atoms with Gasteiger partial charge in [-0.3, -0.25) is 24.0 Å². The molecule has 0 atom stereocenters. The Hall–Kier alpha value is -12.9. The van der Waals surface area contributed by atoms with E-state index >= 15 is 0 Å². The molecule has 25 rings (SSSR count). The van der Waals surface area contributed by atoms with Crippen molar-refractivity contribution in [2.75, 3.05) is 157 Å². The van der Waals surface area contributed by atoms with Crippen LogP contribution in [-0.2, 0) is 0 Å². The summed E-state index contributed by atoms with van der Waals surface area (Å²) in [6.45, 7) is 20.7. The lowest BCUT2D eigenvalue weighted by atomic mass is 10.1. The van der Waals surface area contributed by atoms with E-state index in [1.54, 1.807) is 30.3 Å². The molecule has 0 amide bonds. The number of para-hydroxylation sites is 5. The molecule has 20 aromatic rings. The van der Waals surface area contributed by atoms with Gasteiger partial charge in [-0.25, -0.2) is 46.9 Å². The number of fused-ring (bicyclic) bond motifs is 20. The van der Waals surface area contributed by atoms with Crippen LogP contribution in [-0.4, -0.2) is 180 Å². The fourth-order valence-electron chi connectivity index (χ4n) is 20.8. The van der Waals surface area contributed by atoms with Crippen molar-refractivity contribution in [2.24, 2.45) is 0 Å². The first-order chi connectivity index (χ1) is 71.0. The Bertz CT molecular complexity index is 8430. The van der Waals surface area contributed by atoms with Crippen molar-refractivity contribution in [3.63, 3.8) is 0 Å². The van der Waals surface area contributed by atoms with E-state index in [-0.39, 0.29) is 50.4 Å². The van der Waals surface area contributed by atoms with Gasteiger partial charge in [0.2, 0.25) is 0 Å². The van der Waals surface area contributed by atoms with Gasteiger partial charge in [-0.2, -0.15) is 0 Å². The number of nitrogens with one attached hydrogen (secondary N) is 5. The first-order valence-electron chi connectivity index (χ1n) is 50.6. The first kappa shape index (κ1) is 98.2. The number of hydrogen-bond donors (Lipinski definition) is 5. The first-order valence-corrected chi connectivity index (χ1v) is 54.7. The lowest BCUT2D eigenvalue weighted by molar-refractivity contribution is 0.228. The van der Waals surface area contributed by atoms with Crippen LogP contribution in [0.3, 0.4) is 0 Å². The molecule has 15 heterocycles. The highest BCUT2D eigenvalue weighted by Gasteiger charge is 2.26. The molecule has 10 aromatic heterocycles. The largest absolute Gasteiger partial charge is 0.369 e. The molecule has 5 N–H and O–H groups in total. The predicted octanol–water partition coefficient (Wildman–Crippen LogP) is 25.0. The molecule has 5 saturated heterocycles. The number of benzene rings is 10. The highest BCUT2D eigenvalue weighted by Crippen LogP contribution is 2.42. The van der Waals surface area contributed by atoms with E-state index < -0.39 is 5.82 Å². The second-order valence-electron chi connectivity index (χ2n) is 37.9. The van der Waals surface area contributed by atoms with Crippen LogP contribution in [0.1, 0.15) is 96.3 Å². The Labute approximate surface area is 852 Å². The molecular weight excluding hydrogens is 1930 g/mol. The third kappa shape index (κ3) is 21.7. The zero-order valence-electron chi connectivity index (χ0n) is 80.4. The van der Waals surface area contributed by atoms with Gasteiger partial charge >= 0.3 is 0 Å². The van der Waals surface area contributed by atoms with Crippen LogP contribution in [0.5, 0.6) is 0 Å². The summed E-state index contributed by atoms with van der Waals surface area (Å²) in [5.41, 5.74) is 3.23. The molecule has 5 aliphatic rings. The monoisotopic (exact) mass is 2040 g/mol. The third-order valence-corrected chi connectivity index (χ3v) is 34.0. The molecule has 0 spiro atoms. The van der Waals surface area contributed by atoms with E-state index in [1.165, 1.54) is 227 Å². The van der Waals surface area contributed by atoms with Crippen LogP contribution in [0.25, 0.3) is 155 Å². The molecule has 30 heteroatoms. The summed E-state index contributed by atoms with van der Waals surface area (Å²) in [4.78, 5) is 103. The number of anilines is 5. The molecule has 740 valence electrons. The summed E-state index contributed by atoms with van der Waals surface area (Å²) in [7, 11) is 0. The van der Waals surface area contributed by atoms with E-state index in [9.17, 15) is 45.9 Å². The maximum atomic E-state index is 13.8. The lowest BCUT2D eigenvalue weighted by Gasteiger charge is -2.26. The number of piperidine rings is 3. The van der Waals surface area contributed by atoms with Crippen molar-refractivity contribution in [3.05, 3.63) is 293 Å². The van der Waals surface area contributed by atoms with Gasteiger partial charge in [-0.1, -0.05) is 110 Å². The predicted molar refractivity (Wildman–Crippen MR) is 598 cm³/mol. The van der Waals surface area contributed by atoms with Crippen molar-refractivity contribution in [1.29, 1.82) is 0 Å². The molecular formula is C115H110F5N15O5S5. The van der Waals surface area contributed by atoms with Crippen molar-refractivity contribution in [2.45, 2.75) is 96.3 Å². The average molecular weight is 2040 g/mol. The molecule has 0 radical (unpaired) electrons. The Kier molecular flexibility index (Phi) is 30.5. The van der Waals surface area contributed by atoms with Crippen LogP contribution in [0, 0.1) is 29.1 Å². The molecule has 0 saturated carbocycles. The second kappa shape index (κ2) is 45.0. The molecule has 5 fully saturated rings. The average Bonchev–Trinajstić information content (AvgIpc) is 1.05. The summed E-state index contributed by atoms with van der Waals surface area (Å²) in [5.74, 6) is 1.76. The topological polar surface area (TPSA) is 226 Å². The van der Waals surface area contributed by atoms with Gasteiger partial charge in [0.1, 0.15) is 58.2 Å². The van der Waals surface area contributed by atoms with Gasteiger partial charge in [0.25, 0.3) is 0 Å². The fourth-order valence-corrected chi connectivity index (χ4v) is 26.5. The number of halogens is 5. The normalized spacial score (nSPS) is 15.2. The molecule has 10 aromatic carbocycles. The van der Waals surface area contributed by atoms with Gasteiger partial charge in [0.15, 0.2) is 27.1 Å². The SMILES string of the molecule is O=c1c2cc(F)ccc2sc2c(NCCCN3CCCC3)nc3ccccc3c12.O=c1c2cc(F)ccc2sc2c(NCCCN3CCCCC3)nc3ccccc3c12.O=c1c2cc(F)ccc2sc2c(NCCN3CCCC3)nc3ccccc3c12.O=c1c2cc(F)ccc2sc2c(NCCN3CCCCC3)nc3ccccc3c12.O=c1c2cc(F)ccc2sc2c(NCCN3CCCCC3)nc3ccccc3c12. The Morgan fingerprint density at radius 3 is 0.621 bits per heavy atom. The summed E-state index contributed by atoms with van der Waals surface area (Å²) >= 11 is 7.48. The maximum absolute atomic E-state index is 13.8. The van der Waals surface area contributed by atoms with Crippen LogP contribution in [0.15, 0.2) is 236 Å².